The fourth-order valence-corrected chi connectivity index (χ4v) is 1.97. The lowest BCUT2D eigenvalue weighted by molar-refractivity contribution is -0.114. The Morgan fingerprint density at radius 1 is 0.870 bits per heavy atom. The number of carbonyl (C=O) groups is 2. The van der Waals surface area contributed by atoms with E-state index in [0.29, 0.717) is 11.3 Å². The van der Waals surface area contributed by atoms with E-state index in [4.69, 9.17) is 0 Å². The van der Waals surface area contributed by atoms with Crippen molar-refractivity contribution in [2.75, 3.05) is 5.32 Å². The van der Waals surface area contributed by atoms with Crippen molar-refractivity contribution in [3.05, 3.63) is 65.2 Å². The molecule has 0 radical (unpaired) electrons. The Labute approximate surface area is 135 Å². The van der Waals surface area contributed by atoms with Crippen LogP contribution in [-0.2, 0) is 4.79 Å². The largest absolute Gasteiger partial charge is 0.326 e. The highest BCUT2D eigenvalue weighted by molar-refractivity contribution is 6.01. The molecule has 118 valence electrons. The molecule has 0 aliphatic rings. The molecule has 0 saturated carbocycles. The highest BCUT2D eigenvalue weighted by atomic mass is 16.2. The third-order valence-electron chi connectivity index (χ3n) is 3.26. The Kier molecular flexibility index (Phi) is 5.25. The Balaban J connectivity index is 2.02. The number of amides is 2. The van der Waals surface area contributed by atoms with Gasteiger partial charge in [-0.25, -0.2) is 5.43 Å². The standard InChI is InChI=1S/C18H19N3O2/c1-12-4-6-15(7-5-12)13(2)20-21-18(23)16-8-10-17(11-9-16)19-14(3)22/h4-11H,1-3H3,(H,19,22)(H,21,23)/b20-13-. The second-order valence-corrected chi connectivity index (χ2v) is 5.26. The lowest BCUT2D eigenvalue weighted by Crippen LogP contribution is -2.19. The molecule has 0 spiro atoms. The van der Waals surface area contributed by atoms with Crippen LogP contribution in [0.15, 0.2) is 53.6 Å². The molecule has 23 heavy (non-hydrogen) atoms. The van der Waals surface area contributed by atoms with Gasteiger partial charge in [0.15, 0.2) is 0 Å². The average Bonchev–Trinajstić information content (AvgIpc) is 2.53. The number of carbonyl (C=O) groups excluding carboxylic acids is 2. The molecular formula is C18H19N3O2. The van der Waals surface area contributed by atoms with E-state index < -0.39 is 0 Å². The average molecular weight is 309 g/mol. The number of hydrogen-bond acceptors (Lipinski definition) is 3. The fraction of sp³-hybridized carbons (Fsp3) is 0.167. The van der Waals surface area contributed by atoms with E-state index in [1.807, 2.05) is 38.1 Å². The molecule has 0 bridgehead atoms. The summed E-state index contributed by atoms with van der Waals surface area (Å²) in [6, 6.07) is 14.5. The van der Waals surface area contributed by atoms with Crippen LogP contribution in [0.2, 0.25) is 0 Å². The van der Waals surface area contributed by atoms with Crippen LogP contribution in [-0.4, -0.2) is 17.5 Å². The van der Waals surface area contributed by atoms with E-state index in [9.17, 15) is 9.59 Å². The molecule has 0 aliphatic heterocycles. The molecule has 5 nitrogen and oxygen atoms in total. The molecule has 0 aromatic heterocycles. The van der Waals surface area contributed by atoms with E-state index in [0.717, 1.165) is 11.3 Å². The topological polar surface area (TPSA) is 70.6 Å². The summed E-state index contributed by atoms with van der Waals surface area (Å²) in [5.41, 5.74) is 6.51. The van der Waals surface area contributed by atoms with Gasteiger partial charge in [-0.1, -0.05) is 29.8 Å². The molecule has 0 unspecified atom stereocenters. The quantitative estimate of drug-likeness (QED) is 0.673. The van der Waals surface area contributed by atoms with Gasteiger partial charge in [-0.15, -0.1) is 0 Å². The van der Waals surface area contributed by atoms with Crippen molar-refractivity contribution < 1.29 is 9.59 Å². The Bertz CT molecular complexity index is 732. The van der Waals surface area contributed by atoms with Gasteiger partial charge in [0.25, 0.3) is 5.91 Å². The first-order valence-electron chi connectivity index (χ1n) is 7.25. The second-order valence-electron chi connectivity index (χ2n) is 5.26. The van der Waals surface area contributed by atoms with Crippen LogP contribution in [0, 0.1) is 6.92 Å². The highest BCUT2D eigenvalue weighted by Crippen LogP contribution is 2.09. The predicted octanol–water partition coefficient (Wildman–Crippen LogP) is 3.11. The number of hydrazone groups is 1. The van der Waals surface area contributed by atoms with Crippen molar-refractivity contribution in [3.8, 4) is 0 Å². The first kappa shape index (κ1) is 16.4. The molecule has 0 atom stereocenters. The lowest BCUT2D eigenvalue weighted by atomic mass is 10.1. The maximum Gasteiger partial charge on any atom is 0.271 e. The van der Waals surface area contributed by atoms with E-state index >= 15 is 0 Å². The van der Waals surface area contributed by atoms with Gasteiger partial charge >= 0.3 is 0 Å². The molecule has 0 heterocycles. The number of rotatable bonds is 4. The minimum atomic E-state index is -0.300. The molecule has 5 heteroatoms. The van der Waals surface area contributed by atoms with E-state index in [1.165, 1.54) is 12.5 Å². The van der Waals surface area contributed by atoms with E-state index in [1.54, 1.807) is 24.3 Å². The molecule has 2 amide bonds. The van der Waals surface area contributed by atoms with Gasteiger partial charge in [-0.05, 0) is 43.7 Å². The third kappa shape index (κ3) is 4.78. The van der Waals surface area contributed by atoms with Crippen molar-refractivity contribution in [1.29, 1.82) is 0 Å². The summed E-state index contributed by atoms with van der Waals surface area (Å²) in [4.78, 5) is 23.0. The first-order valence-corrected chi connectivity index (χ1v) is 7.25. The van der Waals surface area contributed by atoms with Gasteiger partial charge in [0.2, 0.25) is 5.91 Å². The van der Waals surface area contributed by atoms with Crippen molar-refractivity contribution >= 4 is 23.2 Å². The summed E-state index contributed by atoms with van der Waals surface area (Å²) < 4.78 is 0. The fourth-order valence-electron chi connectivity index (χ4n) is 1.97. The van der Waals surface area contributed by atoms with Crippen LogP contribution in [0.5, 0.6) is 0 Å². The van der Waals surface area contributed by atoms with Crippen LogP contribution in [0.3, 0.4) is 0 Å². The molecular weight excluding hydrogens is 290 g/mol. The lowest BCUT2D eigenvalue weighted by Gasteiger charge is -2.05. The van der Waals surface area contributed by atoms with Crippen molar-refractivity contribution in [2.45, 2.75) is 20.8 Å². The SMILES string of the molecule is CC(=O)Nc1ccc(C(=O)N/N=C(/C)c2ccc(C)cc2)cc1. The smallest absolute Gasteiger partial charge is 0.271 e. The molecule has 2 N–H and O–H groups in total. The van der Waals surface area contributed by atoms with Crippen LogP contribution in [0.1, 0.15) is 35.3 Å². The number of hydrogen-bond donors (Lipinski definition) is 2. The van der Waals surface area contributed by atoms with Crippen LogP contribution in [0.4, 0.5) is 5.69 Å². The normalized spacial score (nSPS) is 11.0. The predicted molar refractivity (Wildman–Crippen MR) is 91.6 cm³/mol. The maximum atomic E-state index is 12.1. The molecule has 2 rings (SSSR count). The number of nitrogens with one attached hydrogen (secondary N) is 2. The Morgan fingerprint density at radius 2 is 1.43 bits per heavy atom. The summed E-state index contributed by atoms with van der Waals surface area (Å²) in [6.45, 7) is 5.29. The minimum Gasteiger partial charge on any atom is -0.326 e. The summed E-state index contributed by atoms with van der Waals surface area (Å²) in [5.74, 6) is -0.452. The Morgan fingerprint density at radius 3 is 2.00 bits per heavy atom. The number of anilines is 1. The highest BCUT2D eigenvalue weighted by Gasteiger charge is 2.05. The van der Waals surface area contributed by atoms with Crippen molar-refractivity contribution in [1.82, 2.24) is 5.43 Å². The molecule has 0 saturated heterocycles. The maximum absolute atomic E-state index is 12.1. The molecule has 0 aliphatic carbocycles. The summed E-state index contributed by atoms with van der Waals surface area (Å²) in [6.07, 6.45) is 0. The molecule has 2 aromatic carbocycles. The zero-order valence-corrected chi connectivity index (χ0v) is 13.4. The van der Waals surface area contributed by atoms with Gasteiger partial charge in [0.1, 0.15) is 0 Å². The van der Waals surface area contributed by atoms with Gasteiger partial charge in [0, 0.05) is 18.2 Å². The van der Waals surface area contributed by atoms with Crippen LogP contribution < -0.4 is 10.7 Å². The summed E-state index contributed by atoms with van der Waals surface area (Å²) >= 11 is 0. The monoisotopic (exact) mass is 309 g/mol. The first-order chi connectivity index (χ1) is 11.0. The third-order valence-corrected chi connectivity index (χ3v) is 3.26. The van der Waals surface area contributed by atoms with Crippen LogP contribution >= 0.6 is 0 Å². The number of benzene rings is 2. The second kappa shape index (κ2) is 7.35. The molecule has 0 fully saturated rings. The minimum absolute atomic E-state index is 0.152. The number of nitrogens with zero attached hydrogens (tertiary/aromatic N) is 1. The van der Waals surface area contributed by atoms with Crippen LogP contribution in [0.25, 0.3) is 0 Å². The Hall–Kier alpha value is -2.95. The van der Waals surface area contributed by atoms with Gasteiger partial charge < -0.3 is 5.32 Å². The van der Waals surface area contributed by atoms with E-state index in [2.05, 4.69) is 15.8 Å². The number of aryl methyl sites for hydroxylation is 1. The molecule has 2 aromatic rings. The summed E-state index contributed by atoms with van der Waals surface area (Å²) in [7, 11) is 0. The zero-order valence-electron chi connectivity index (χ0n) is 13.4. The van der Waals surface area contributed by atoms with E-state index in [-0.39, 0.29) is 11.8 Å². The van der Waals surface area contributed by atoms with Gasteiger partial charge in [-0.2, -0.15) is 5.10 Å². The van der Waals surface area contributed by atoms with Crippen molar-refractivity contribution in [2.24, 2.45) is 5.10 Å². The summed E-state index contributed by atoms with van der Waals surface area (Å²) in [5, 5.41) is 6.77. The van der Waals surface area contributed by atoms with Crippen molar-refractivity contribution in [3.63, 3.8) is 0 Å². The zero-order chi connectivity index (χ0) is 16.8. The van der Waals surface area contributed by atoms with Gasteiger partial charge in [0.05, 0.1) is 5.71 Å². The van der Waals surface area contributed by atoms with Gasteiger partial charge in [-0.3, -0.25) is 9.59 Å².